The second kappa shape index (κ2) is 11.2. The van der Waals surface area contributed by atoms with Crippen LogP contribution in [0.2, 0.25) is 0 Å². The highest BCUT2D eigenvalue weighted by Gasteiger charge is 2.07. The Balaban J connectivity index is 1.24. The predicted molar refractivity (Wildman–Crippen MR) is 131 cm³/mol. The van der Waals surface area contributed by atoms with Crippen LogP contribution in [0, 0.1) is 0 Å². The maximum atomic E-state index is 12.3. The van der Waals surface area contributed by atoms with E-state index in [0.29, 0.717) is 24.2 Å². The van der Waals surface area contributed by atoms with Gasteiger partial charge in [-0.25, -0.2) is 0 Å². The first-order chi connectivity index (χ1) is 16.7. The molecule has 0 bridgehead atoms. The first kappa shape index (κ1) is 22.5. The van der Waals surface area contributed by atoms with E-state index in [9.17, 15) is 9.59 Å². The number of nitrogens with zero attached hydrogens (tertiary/aromatic N) is 2. The molecule has 0 aliphatic carbocycles. The van der Waals surface area contributed by atoms with Crippen molar-refractivity contribution in [2.24, 2.45) is 0 Å². The summed E-state index contributed by atoms with van der Waals surface area (Å²) in [4.78, 5) is 32.7. The Bertz CT molecular complexity index is 1110. The van der Waals surface area contributed by atoms with Gasteiger partial charge in [0.15, 0.2) is 0 Å². The Morgan fingerprint density at radius 3 is 1.35 bits per heavy atom. The van der Waals surface area contributed by atoms with Crippen molar-refractivity contribution in [3.8, 4) is 0 Å². The molecule has 8 nitrogen and oxygen atoms in total. The van der Waals surface area contributed by atoms with Gasteiger partial charge < -0.3 is 21.5 Å². The molecule has 0 saturated heterocycles. The topological polar surface area (TPSA) is 108 Å². The number of benzene rings is 2. The molecular formula is C26H24N6O2. The van der Waals surface area contributed by atoms with Gasteiger partial charge in [-0.1, -0.05) is 12.1 Å². The normalized spacial score (nSPS) is 10.2. The molecule has 0 saturated carbocycles. The molecule has 0 unspecified atom stereocenters. The molecule has 2 aromatic carbocycles. The van der Waals surface area contributed by atoms with Crippen LogP contribution in [0.1, 0.15) is 31.8 Å². The Morgan fingerprint density at radius 2 is 1.00 bits per heavy atom. The lowest BCUT2D eigenvalue weighted by Gasteiger charge is -2.11. The first-order valence-corrected chi connectivity index (χ1v) is 10.7. The first-order valence-electron chi connectivity index (χ1n) is 10.7. The minimum atomic E-state index is -0.152. The second-order valence-corrected chi connectivity index (χ2v) is 7.49. The summed E-state index contributed by atoms with van der Waals surface area (Å²) in [7, 11) is 0. The Labute approximate surface area is 197 Å². The average molecular weight is 453 g/mol. The van der Waals surface area contributed by atoms with E-state index in [-0.39, 0.29) is 11.8 Å². The maximum Gasteiger partial charge on any atom is 0.251 e. The molecule has 0 spiro atoms. The summed E-state index contributed by atoms with van der Waals surface area (Å²) < 4.78 is 0. The monoisotopic (exact) mass is 452 g/mol. The zero-order valence-electron chi connectivity index (χ0n) is 18.4. The minimum absolute atomic E-state index is 0.152. The van der Waals surface area contributed by atoms with Crippen LogP contribution in [0.3, 0.4) is 0 Å². The third-order valence-electron chi connectivity index (χ3n) is 5.00. The summed E-state index contributed by atoms with van der Waals surface area (Å²) in [6.07, 6.45) is 6.84. The van der Waals surface area contributed by atoms with Gasteiger partial charge in [0.05, 0.1) is 11.4 Å². The van der Waals surface area contributed by atoms with Crippen molar-refractivity contribution < 1.29 is 9.59 Å². The summed E-state index contributed by atoms with van der Waals surface area (Å²) >= 11 is 0. The van der Waals surface area contributed by atoms with Gasteiger partial charge in [-0.15, -0.1) is 0 Å². The molecule has 0 aliphatic rings. The number of hydrazine groups is 1. The molecule has 2 aromatic heterocycles. The lowest BCUT2D eigenvalue weighted by Crippen LogP contribution is -2.23. The number of aromatic nitrogens is 2. The van der Waals surface area contributed by atoms with E-state index in [1.54, 1.807) is 49.1 Å². The molecule has 4 aromatic rings. The Kier molecular flexibility index (Phi) is 7.43. The number of pyridine rings is 2. The predicted octanol–water partition coefficient (Wildman–Crippen LogP) is 3.78. The number of anilines is 2. The van der Waals surface area contributed by atoms with Gasteiger partial charge in [0.25, 0.3) is 11.8 Å². The van der Waals surface area contributed by atoms with Crippen LogP contribution in [-0.4, -0.2) is 21.8 Å². The van der Waals surface area contributed by atoms with Gasteiger partial charge in [-0.2, -0.15) is 0 Å². The quantitative estimate of drug-likeness (QED) is 0.288. The zero-order valence-corrected chi connectivity index (χ0v) is 18.4. The third-order valence-corrected chi connectivity index (χ3v) is 5.00. The van der Waals surface area contributed by atoms with Gasteiger partial charge in [-0.3, -0.25) is 19.6 Å². The minimum Gasteiger partial charge on any atom is -0.348 e. The van der Waals surface area contributed by atoms with Crippen molar-refractivity contribution in [1.82, 2.24) is 20.6 Å². The van der Waals surface area contributed by atoms with E-state index in [1.165, 1.54) is 0 Å². The summed E-state index contributed by atoms with van der Waals surface area (Å²) in [5.74, 6) is -0.304. The van der Waals surface area contributed by atoms with Gasteiger partial charge in [0.1, 0.15) is 0 Å². The van der Waals surface area contributed by atoms with Crippen molar-refractivity contribution in [3.63, 3.8) is 0 Å². The van der Waals surface area contributed by atoms with Crippen LogP contribution >= 0.6 is 0 Å². The number of hydrogen-bond acceptors (Lipinski definition) is 6. The van der Waals surface area contributed by atoms with Crippen LogP contribution in [0.5, 0.6) is 0 Å². The van der Waals surface area contributed by atoms with E-state index in [1.807, 2.05) is 48.5 Å². The maximum absolute atomic E-state index is 12.3. The largest absolute Gasteiger partial charge is 0.348 e. The van der Waals surface area contributed by atoms with Crippen molar-refractivity contribution in [1.29, 1.82) is 0 Å². The highest BCUT2D eigenvalue weighted by molar-refractivity contribution is 5.95. The standard InChI is InChI=1S/C26H24N6O2/c33-25(29-17-19-3-1-13-27-15-19)21-5-9-23(10-6-21)31-32-24-11-7-22(8-12-24)26(34)30-18-20-4-2-14-28-16-20/h1-16,31-32H,17-18H2,(H,29,33)(H,30,34). The third kappa shape index (κ3) is 6.39. The molecule has 170 valence electrons. The molecule has 0 radical (unpaired) electrons. The fourth-order valence-corrected chi connectivity index (χ4v) is 3.13. The van der Waals surface area contributed by atoms with E-state index >= 15 is 0 Å². The van der Waals surface area contributed by atoms with Gasteiger partial charge in [-0.05, 0) is 71.8 Å². The molecule has 8 heteroatoms. The van der Waals surface area contributed by atoms with Crippen molar-refractivity contribution in [3.05, 3.63) is 120 Å². The molecule has 34 heavy (non-hydrogen) atoms. The summed E-state index contributed by atoms with van der Waals surface area (Å²) in [6, 6.07) is 21.7. The molecular weight excluding hydrogens is 428 g/mol. The van der Waals surface area contributed by atoms with Crippen LogP contribution in [0.4, 0.5) is 11.4 Å². The molecule has 0 fully saturated rings. The van der Waals surface area contributed by atoms with Crippen molar-refractivity contribution in [2.75, 3.05) is 10.9 Å². The number of rotatable bonds is 9. The summed E-state index contributed by atoms with van der Waals surface area (Å²) in [5, 5.41) is 5.75. The lowest BCUT2D eigenvalue weighted by molar-refractivity contribution is 0.0943. The Hall–Kier alpha value is -4.72. The van der Waals surface area contributed by atoms with Crippen LogP contribution in [0.25, 0.3) is 0 Å². The SMILES string of the molecule is O=C(NCc1cccnc1)c1ccc(NNc2ccc(C(=O)NCc3cccnc3)cc2)cc1. The number of hydrogen-bond donors (Lipinski definition) is 4. The fraction of sp³-hybridized carbons (Fsp3) is 0.0769. The summed E-state index contributed by atoms with van der Waals surface area (Å²) in [5.41, 5.74) is 10.8. The van der Waals surface area contributed by atoms with Crippen LogP contribution in [-0.2, 0) is 13.1 Å². The second-order valence-electron chi connectivity index (χ2n) is 7.49. The van der Waals surface area contributed by atoms with Gasteiger partial charge in [0, 0.05) is 49.0 Å². The van der Waals surface area contributed by atoms with Gasteiger partial charge >= 0.3 is 0 Å². The van der Waals surface area contributed by atoms with E-state index in [0.717, 1.165) is 22.5 Å². The van der Waals surface area contributed by atoms with Crippen LogP contribution < -0.4 is 21.5 Å². The number of carbonyl (C=O) groups excluding carboxylic acids is 2. The average Bonchev–Trinajstić information content (AvgIpc) is 2.91. The zero-order chi connectivity index (χ0) is 23.6. The van der Waals surface area contributed by atoms with Crippen LogP contribution in [0.15, 0.2) is 97.6 Å². The highest BCUT2D eigenvalue weighted by Crippen LogP contribution is 2.13. The fourth-order valence-electron chi connectivity index (χ4n) is 3.13. The smallest absolute Gasteiger partial charge is 0.251 e. The molecule has 2 amide bonds. The van der Waals surface area contributed by atoms with E-state index < -0.39 is 0 Å². The number of carbonyl (C=O) groups is 2. The summed E-state index contributed by atoms with van der Waals surface area (Å²) in [6.45, 7) is 0.845. The van der Waals surface area contributed by atoms with E-state index in [2.05, 4.69) is 31.5 Å². The molecule has 4 N–H and O–H groups in total. The van der Waals surface area contributed by atoms with E-state index in [4.69, 9.17) is 0 Å². The molecule has 0 atom stereocenters. The molecule has 2 heterocycles. The lowest BCUT2D eigenvalue weighted by atomic mass is 10.2. The molecule has 0 aliphatic heterocycles. The highest BCUT2D eigenvalue weighted by atomic mass is 16.2. The van der Waals surface area contributed by atoms with Crippen molar-refractivity contribution >= 4 is 23.2 Å². The van der Waals surface area contributed by atoms with Crippen molar-refractivity contribution in [2.45, 2.75) is 13.1 Å². The van der Waals surface area contributed by atoms with Gasteiger partial charge in [0.2, 0.25) is 0 Å². The molecule has 4 rings (SSSR count). The number of nitrogens with one attached hydrogen (secondary N) is 4. The number of amides is 2. The Morgan fingerprint density at radius 1 is 0.588 bits per heavy atom.